The molecule has 0 spiro atoms. The van der Waals surface area contributed by atoms with Gasteiger partial charge in [-0.2, -0.15) is 0 Å². The molecule has 0 amide bonds. The van der Waals surface area contributed by atoms with Crippen LogP contribution in [0.2, 0.25) is 0 Å². The Kier molecular flexibility index (Phi) is 3.12. The summed E-state index contributed by atoms with van der Waals surface area (Å²) in [6, 6.07) is 4.15. The lowest BCUT2D eigenvalue weighted by atomic mass is 10.0. The van der Waals surface area contributed by atoms with Crippen LogP contribution in [0.25, 0.3) is 10.1 Å². The Morgan fingerprint density at radius 2 is 2.25 bits per heavy atom. The molecule has 0 aliphatic heterocycles. The molecular formula is C12H17N3S. The molecule has 2 aromatic rings. The van der Waals surface area contributed by atoms with Crippen molar-refractivity contribution >= 4 is 27.2 Å². The molecule has 0 aromatic carbocycles. The predicted molar refractivity (Wildman–Crippen MR) is 71.0 cm³/mol. The number of fused-ring (bicyclic) bond motifs is 1. The smallest absolute Gasteiger partial charge is 0.135 e. The fourth-order valence-electron chi connectivity index (χ4n) is 1.74. The van der Waals surface area contributed by atoms with Crippen LogP contribution in [-0.4, -0.2) is 17.1 Å². The van der Waals surface area contributed by atoms with Crippen molar-refractivity contribution in [3.8, 4) is 0 Å². The number of hydrogen-bond donors (Lipinski definition) is 2. The van der Waals surface area contributed by atoms with Crippen LogP contribution in [0.1, 0.15) is 20.3 Å². The second-order valence-electron chi connectivity index (χ2n) is 4.54. The molecule has 0 saturated heterocycles. The number of aromatic nitrogens is 1. The minimum absolute atomic E-state index is 0.0159. The Bertz CT molecular complexity index is 476. The third-order valence-corrected chi connectivity index (χ3v) is 3.49. The number of rotatable bonds is 4. The number of anilines is 1. The second-order valence-corrected chi connectivity index (χ2v) is 5.49. The van der Waals surface area contributed by atoms with Gasteiger partial charge in [-0.1, -0.05) is 0 Å². The molecule has 0 aliphatic carbocycles. The van der Waals surface area contributed by atoms with Crippen molar-refractivity contribution in [3.63, 3.8) is 0 Å². The predicted octanol–water partition coefficient (Wildman–Crippen LogP) is 2.84. The zero-order valence-electron chi connectivity index (χ0n) is 9.66. The van der Waals surface area contributed by atoms with E-state index in [1.165, 1.54) is 10.1 Å². The molecule has 86 valence electrons. The summed E-state index contributed by atoms with van der Waals surface area (Å²) in [4.78, 5) is 4.40. The van der Waals surface area contributed by atoms with E-state index in [-0.39, 0.29) is 5.54 Å². The first-order valence-electron chi connectivity index (χ1n) is 5.43. The molecule has 0 fully saturated rings. The summed E-state index contributed by atoms with van der Waals surface area (Å²) in [5.74, 6) is 0.956. The normalized spacial score (nSPS) is 11.9. The number of nitrogens with two attached hydrogens (primary N) is 1. The van der Waals surface area contributed by atoms with E-state index in [1.54, 1.807) is 11.3 Å². The number of thiophene rings is 1. The highest BCUT2D eigenvalue weighted by molar-refractivity contribution is 7.17. The quantitative estimate of drug-likeness (QED) is 0.856. The zero-order valence-corrected chi connectivity index (χ0v) is 10.5. The summed E-state index contributed by atoms with van der Waals surface area (Å²) >= 11 is 1.74. The van der Waals surface area contributed by atoms with E-state index >= 15 is 0 Å². The second kappa shape index (κ2) is 4.39. The van der Waals surface area contributed by atoms with E-state index in [0.29, 0.717) is 6.54 Å². The number of pyridine rings is 1. The van der Waals surface area contributed by atoms with E-state index in [4.69, 9.17) is 5.73 Å². The third kappa shape index (κ3) is 2.33. The lowest BCUT2D eigenvalue weighted by molar-refractivity contribution is 0.525. The summed E-state index contributed by atoms with van der Waals surface area (Å²) in [6.45, 7) is 4.97. The highest BCUT2D eigenvalue weighted by atomic mass is 32.1. The molecule has 4 heteroatoms. The van der Waals surface area contributed by atoms with Gasteiger partial charge < -0.3 is 11.1 Å². The van der Waals surface area contributed by atoms with Gasteiger partial charge in [0.25, 0.3) is 0 Å². The van der Waals surface area contributed by atoms with Gasteiger partial charge in [-0.05, 0) is 44.3 Å². The van der Waals surface area contributed by atoms with Gasteiger partial charge in [0.15, 0.2) is 0 Å². The fraction of sp³-hybridized carbons (Fsp3) is 0.417. The van der Waals surface area contributed by atoms with E-state index in [0.717, 1.165) is 12.2 Å². The van der Waals surface area contributed by atoms with Crippen molar-refractivity contribution in [3.05, 3.63) is 23.7 Å². The monoisotopic (exact) mass is 235 g/mol. The summed E-state index contributed by atoms with van der Waals surface area (Å²) in [5, 5.41) is 6.75. The first kappa shape index (κ1) is 11.4. The van der Waals surface area contributed by atoms with Crippen LogP contribution >= 0.6 is 11.3 Å². The molecule has 16 heavy (non-hydrogen) atoms. The largest absolute Gasteiger partial charge is 0.365 e. The maximum absolute atomic E-state index is 5.60. The third-order valence-electron chi connectivity index (χ3n) is 2.61. The average molecular weight is 235 g/mol. The minimum Gasteiger partial charge on any atom is -0.365 e. The zero-order chi connectivity index (χ0) is 11.6. The number of nitrogens with zero attached hydrogens (tertiary/aromatic N) is 1. The van der Waals surface area contributed by atoms with Gasteiger partial charge >= 0.3 is 0 Å². The van der Waals surface area contributed by atoms with Crippen LogP contribution in [0.5, 0.6) is 0 Å². The van der Waals surface area contributed by atoms with Gasteiger partial charge in [0.2, 0.25) is 0 Å². The number of hydrogen-bond acceptors (Lipinski definition) is 4. The molecule has 0 atom stereocenters. The van der Waals surface area contributed by atoms with Gasteiger partial charge in [0, 0.05) is 21.8 Å². The van der Waals surface area contributed by atoms with Gasteiger partial charge in [-0.25, -0.2) is 4.98 Å². The van der Waals surface area contributed by atoms with E-state index < -0.39 is 0 Å². The lowest BCUT2D eigenvalue weighted by Gasteiger charge is -2.26. The van der Waals surface area contributed by atoms with Crippen molar-refractivity contribution in [2.45, 2.75) is 25.8 Å². The molecule has 3 nitrogen and oxygen atoms in total. The molecule has 0 unspecified atom stereocenters. The topological polar surface area (TPSA) is 50.9 Å². The molecule has 0 aliphatic rings. The summed E-state index contributed by atoms with van der Waals surface area (Å²) in [7, 11) is 0. The maximum atomic E-state index is 5.60. The van der Waals surface area contributed by atoms with Gasteiger partial charge in [-0.3, -0.25) is 0 Å². The number of nitrogens with one attached hydrogen (secondary N) is 1. The van der Waals surface area contributed by atoms with Crippen LogP contribution in [0, 0.1) is 0 Å². The molecule has 3 N–H and O–H groups in total. The van der Waals surface area contributed by atoms with Crippen LogP contribution < -0.4 is 11.1 Å². The van der Waals surface area contributed by atoms with Gasteiger partial charge in [0.05, 0.1) is 0 Å². The Morgan fingerprint density at radius 1 is 1.44 bits per heavy atom. The van der Waals surface area contributed by atoms with E-state index in [2.05, 4.69) is 35.6 Å². The molecule has 2 aromatic heterocycles. The van der Waals surface area contributed by atoms with Crippen LogP contribution in [0.15, 0.2) is 23.7 Å². The van der Waals surface area contributed by atoms with Crippen LogP contribution in [0.4, 0.5) is 5.82 Å². The molecule has 2 rings (SSSR count). The Balaban J connectivity index is 2.30. The molecule has 2 heterocycles. The highest BCUT2D eigenvalue weighted by Crippen LogP contribution is 2.28. The summed E-state index contributed by atoms with van der Waals surface area (Å²) in [5.41, 5.74) is 5.59. The van der Waals surface area contributed by atoms with Gasteiger partial charge in [-0.15, -0.1) is 11.3 Å². The Labute approximate surface area is 99.7 Å². The Hall–Kier alpha value is -1.13. The summed E-state index contributed by atoms with van der Waals surface area (Å²) in [6.07, 6.45) is 2.77. The van der Waals surface area contributed by atoms with E-state index in [9.17, 15) is 0 Å². The molecule has 0 bridgehead atoms. The standard InChI is InChI=1S/C12H17N3S/c1-12(2,5-6-13)15-11-9-4-8-16-10(9)3-7-14-11/h3-4,7-8H,5-6,13H2,1-2H3,(H,14,15). The average Bonchev–Trinajstić information content (AvgIpc) is 2.65. The first-order valence-corrected chi connectivity index (χ1v) is 6.31. The SMILES string of the molecule is CC(C)(CCN)Nc1nccc2sccc12. The van der Waals surface area contributed by atoms with E-state index in [1.807, 2.05) is 12.3 Å². The van der Waals surface area contributed by atoms with Crippen molar-refractivity contribution < 1.29 is 0 Å². The molecular weight excluding hydrogens is 218 g/mol. The molecule has 0 radical (unpaired) electrons. The van der Waals surface area contributed by atoms with Crippen LogP contribution in [0.3, 0.4) is 0 Å². The van der Waals surface area contributed by atoms with Crippen molar-refractivity contribution in [2.24, 2.45) is 5.73 Å². The van der Waals surface area contributed by atoms with Crippen molar-refractivity contribution in [1.29, 1.82) is 0 Å². The van der Waals surface area contributed by atoms with Gasteiger partial charge in [0.1, 0.15) is 5.82 Å². The lowest BCUT2D eigenvalue weighted by Crippen LogP contribution is -2.33. The highest BCUT2D eigenvalue weighted by Gasteiger charge is 2.17. The maximum Gasteiger partial charge on any atom is 0.135 e. The molecule has 0 saturated carbocycles. The van der Waals surface area contributed by atoms with Crippen molar-refractivity contribution in [1.82, 2.24) is 4.98 Å². The van der Waals surface area contributed by atoms with Crippen molar-refractivity contribution in [2.75, 3.05) is 11.9 Å². The first-order chi connectivity index (χ1) is 7.62. The Morgan fingerprint density at radius 3 is 3.00 bits per heavy atom. The minimum atomic E-state index is -0.0159. The fourth-order valence-corrected chi connectivity index (χ4v) is 2.52. The van der Waals surface area contributed by atoms with Crippen LogP contribution in [-0.2, 0) is 0 Å². The summed E-state index contributed by atoms with van der Waals surface area (Å²) < 4.78 is 1.26.